The zero-order chi connectivity index (χ0) is 25.9. The van der Waals surface area contributed by atoms with Crippen molar-refractivity contribution in [1.29, 1.82) is 0 Å². The molecule has 0 spiro atoms. The number of rotatable bonds is 8. The number of halogens is 1. The van der Waals surface area contributed by atoms with Crippen molar-refractivity contribution in [3.05, 3.63) is 35.6 Å². The van der Waals surface area contributed by atoms with Gasteiger partial charge in [-0.2, -0.15) is 17.4 Å². The van der Waals surface area contributed by atoms with Crippen LogP contribution in [0.3, 0.4) is 0 Å². The van der Waals surface area contributed by atoms with E-state index in [1.54, 1.807) is 12.1 Å². The van der Waals surface area contributed by atoms with Crippen molar-refractivity contribution in [2.75, 3.05) is 47.4 Å². The highest BCUT2D eigenvalue weighted by atomic mass is 32.2. The van der Waals surface area contributed by atoms with Gasteiger partial charge in [-0.3, -0.25) is 9.69 Å². The van der Waals surface area contributed by atoms with Crippen molar-refractivity contribution in [2.45, 2.75) is 69.1 Å². The number of ether oxygens (including phenoxy) is 1. The van der Waals surface area contributed by atoms with Gasteiger partial charge in [0.1, 0.15) is 5.82 Å². The van der Waals surface area contributed by atoms with Gasteiger partial charge in [0.15, 0.2) is 0 Å². The second kappa shape index (κ2) is 11.9. The highest BCUT2D eigenvalue weighted by molar-refractivity contribution is 7.87. The van der Waals surface area contributed by atoms with Crippen LogP contribution in [-0.4, -0.2) is 94.0 Å². The maximum atomic E-state index is 13.6. The summed E-state index contributed by atoms with van der Waals surface area (Å²) in [4.78, 5) is 17.2. The van der Waals surface area contributed by atoms with Crippen LogP contribution in [0.2, 0.25) is 0 Å². The number of likely N-dealkylation sites (N-methyl/N-ethyl adjacent to an activating group) is 1. The summed E-state index contributed by atoms with van der Waals surface area (Å²) in [5.74, 6) is 0.165. The van der Waals surface area contributed by atoms with Crippen LogP contribution in [0.1, 0.15) is 56.4 Å². The van der Waals surface area contributed by atoms with E-state index in [0.29, 0.717) is 32.0 Å². The van der Waals surface area contributed by atoms with Crippen molar-refractivity contribution in [1.82, 2.24) is 18.8 Å². The van der Waals surface area contributed by atoms with Crippen LogP contribution in [0, 0.1) is 11.7 Å². The Morgan fingerprint density at radius 3 is 2.53 bits per heavy atom. The molecule has 0 bridgehead atoms. The Morgan fingerprint density at radius 2 is 1.89 bits per heavy atom. The Kier molecular flexibility index (Phi) is 9.04. The summed E-state index contributed by atoms with van der Waals surface area (Å²) in [6, 6.07) is 6.49. The molecule has 3 fully saturated rings. The third-order valence-corrected chi connectivity index (χ3v) is 9.73. The molecule has 1 amide bonds. The van der Waals surface area contributed by atoms with Crippen LogP contribution in [0.5, 0.6) is 0 Å². The lowest BCUT2D eigenvalue weighted by Crippen LogP contribution is -2.57. The topological polar surface area (TPSA) is 82.2 Å². The van der Waals surface area contributed by atoms with Crippen LogP contribution in [0.4, 0.5) is 4.39 Å². The first kappa shape index (κ1) is 27.4. The van der Waals surface area contributed by atoms with Gasteiger partial charge >= 0.3 is 0 Å². The molecule has 1 N–H and O–H groups in total. The average molecular weight is 525 g/mol. The molecule has 1 saturated carbocycles. The number of nitrogens with zero attached hydrogens (tertiary/aromatic N) is 3. The Labute approximate surface area is 215 Å². The fourth-order valence-corrected chi connectivity index (χ4v) is 6.77. The summed E-state index contributed by atoms with van der Waals surface area (Å²) < 4.78 is 49.1. The Hall–Kier alpha value is -1.59. The van der Waals surface area contributed by atoms with Crippen LogP contribution in [0.25, 0.3) is 0 Å². The largest absolute Gasteiger partial charge is 0.378 e. The second-order valence-electron chi connectivity index (χ2n) is 10.8. The molecule has 0 radical (unpaired) electrons. The van der Waals surface area contributed by atoms with Crippen LogP contribution < -0.4 is 4.72 Å². The van der Waals surface area contributed by atoms with Gasteiger partial charge in [-0.1, -0.05) is 12.1 Å². The molecule has 3 aliphatic rings. The quantitative estimate of drug-likeness (QED) is 0.565. The van der Waals surface area contributed by atoms with E-state index < -0.39 is 10.2 Å². The van der Waals surface area contributed by atoms with E-state index >= 15 is 0 Å². The molecule has 1 aliphatic carbocycles. The summed E-state index contributed by atoms with van der Waals surface area (Å²) in [6.07, 6.45) is 6.20. The summed E-state index contributed by atoms with van der Waals surface area (Å²) in [6.45, 7) is 2.36. The molecule has 3 unspecified atom stereocenters. The summed E-state index contributed by atoms with van der Waals surface area (Å²) in [5.41, 5.74) is 1.05. The number of benzene rings is 1. The van der Waals surface area contributed by atoms with E-state index in [2.05, 4.69) is 9.62 Å². The number of carbonyl (C=O) groups is 1. The van der Waals surface area contributed by atoms with Gasteiger partial charge in [-0.15, -0.1) is 0 Å². The number of amides is 1. The highest BCUT2D eigenvalue weighted by Gasteiger charge is 2.39. The zero-order valence-electron chi connectivity index (χ0n) is 21.7. The Morgan fingerprint density at radius 1 is 1.14 bits per heavy atom. The standard InChI is InChI=1S/C26H41FN4O4S/c1-29(2)36(33,34)28-24-13-15-31(26(32)25-8-5-14-30(25)3)17-21(24)18-35-23-11-9-19(10-12-23)20-6-4-7-22(27)16-20/h4,6-7,16,19,21,23-25,28H,5,8-15,17-18H2,1-3H3/t19-,21?,23+,24?,25?. The number of hydrogen-bond acceptors (Lipinski definition) is 5. The lowest BCUT2D eigenvalue weighted by Gasteiger charge is -2.41. The first-order chi connectivity index (χ1) is 17.1. The molecule has 8 nitrogen and oxygen atoms in total. The molecule has 0 aromatic heterocycles. The number of likely N-dealkylation sites (tertiary alicyclic amines) is 2. The van der Waals surface area contributed by atoms with Gasteiger partial charge in [0.2, 0.25) is 5.91 Å². The zero-order valence-corrected chi connectivity index (χ0v) is 22.6. The number of carbonyl (C=O) groups excluding carboxylic acids is 1. The molecule has 2 aliphatic heterocycles. The molecule has 2 heterocycles. The summed E-state index contributed by atoms with van der Waals surface area (Å²) >= 11 is 0. The molecule has 3 atom stereocenters. The molecule has 4 rings (SSSR count). The van der Waals surface area contributed by atoms with Crippen LogP contribution >= 0.6 is 0 Å². The van der Waals surface area contributed by atoms with Crippen molar-refractivity contribution in [3.8, 4) is 0 Å². The Balaban J connectivity index is 1.36. The first-order valence-corrected chi connectivity index (χ1v) is 14.6. The monoisotopic (exact) mass is 524 g/mol. The number of piperidine rings is 1. The lowest BCUT2D eigenvalue weighted by atomic mass is 9.82. The van der Waals surface area contributed by atoms with E-state index in [1.165, 1.54) is 24.5 Å². The predicted octanol–water partition coefficient (Wildman–Crippen LogP) is 2.58. The average Bonchev–Trinajstić information content (AvgIpc) is 3.28. The van der Waals surface area contributed by atoms with E-state index in [9.17, 15) is 17.6 Å². The third-order valence-electron chi connectivity index (χ3n) is 8.17. The third kappa shape index (κ3) is 6.64. The van der Waals surface area contributed by atoms with E-state index in [0.717, 1.165) is 50.6 Å². The Bertz CT molecular complexity index is 999. The van der Waals surface area contributed by atoms with Crippen molar-refractivity contribution < 1.29 is 22.3 Å². The van der Waals surface area contributed by atoms with Gasteiger partial charge < -0.3 is 9.64 Å². The SMILES string of the molecule is CN1CCCC1C(=O)N1CCC(NS(=O)(=O)N(C)C)C(CO[C@H]2CC[C@@H](c3cccc(F)c3)CC2)C1. The molecular weight excluding hydrogens is 483 g/mol. The van der Waals surface area contributed by atoms with Gasteiger partial charge in [0.25, 0.3) is 10.2 Å². The molecule has 36 heavy (non-hydrogen) atoms. The van der Waals surface area contributed by atoms with Crippen LogP contribution in [-0.2, 0) is 19.7 Å². The summed E-state index contributed by atoms with van der Waals surface area (Å²) in [5, 5.41) is 0. The first-order valence-electron chi connectivity index (χ1n) is 13.2. The van der Waals surface area contributed by atoms with Gasteiger partial charge in [-0.05, 0) is 82.2 Å². The fourth-order valence-electron chi connectivity index (χ4n) is 5.87. The highest BCUT2D eigenvalue weighted by Crippen LogP contribution is 2.35. The molecule has 1 aromatic rings. The van der Waals surface area contributed by atoms with E-state index in [-0.39, 0.29) is 35.8 Å². The number of hydrogen-bond donors (Lipinski definition) is 1. The van der Waals surface area contributed by atoms with E-state index in [1.807, 2.05) is 18.0 Å². The smallest absolute Gasteiger partial charge is 0.279 e. The lowest BCUT2D eigenvalue weighted by molar-refractivity contribution is -0.138. The minimum atomic E-state index is -3.59. The maximum Gasteiger partial charge on any atom is 0.279 e. The molecule has 202 valence electrons. The molecule has 1 aromatic carbocycles. The fraction of sp³-hybridized carbons (Fsp3) is 0.731. The predicted molar refractivity (Wildman–Crippen MR) is 137 cm³/mol. The van der Waals surface area contributed by atoms with Crippen molar-refractivity contribution >= 4 is 16.1 Å². The molecular formula is C26H41FN4O4S. The minimum absolute atomic E-state index is 0.0836. The minimum Gasteiger partial charge on any atom is -0.378 e. The van der Waals surface area contributed by atoms with Gasteiger partial charge in [-0.25, -0.2) is 4.39 Å². The van der Waals surface area contributed by atoms with Crippen molar-refractivity contribution in [2.24, 2.45) is 5.92 Å². The molecule has 10 heteroatoms. The summed E-state index contributed by atoms with van der Waals surface area (Å²) in [7, 11) is 1.43. The van der Waals surface area contributed by atoms with Crippen LogP contribution in [0.15, 0.2) is 24.3 Å². The molecule has 2 saturated heterocycles. The normalized spacial score (nSPS) is 30.1. The second-order valence-corrected chi connectivity index (χ2v) is 12.8. The number of nitrogens with one attached hydrogen (secondary N) is 1. The van der Waals surface area contributed by atoms with Gasteiger partial charge in [0.05, 0.1) is 18.8 Å². The maximum absolute atomic E-state index is 13.6. The van der Waals surface area contributed by atoms with Crippen molar-refractivity contribution in [3.63, 3.8) is 0 Å². The van der Waals surface area contributed by atoms with E-state index in [4.69, 9.17) is 4.74 Å². The van der Waals surface area contributed by atoms with Gasteiger partial charge in [0, 0.05) is 39.1 Å².